The van der Waals surface area contributed by atoms with Gasteiger partial charge in [0.25, 0.3) is 5.91 Å². The van der Waals surface area contributed by atoms with Crippen molar-refractivity contribution in [3.05, 3.63) is 51.7 Å². The topological polar surface area (TPSA) is 79.8 Å². The van der Waals surface area contributed by atoms with Gasteiger partial charge in [0, 0.05) is 13.6 Å². The molecule has 0 aliphatic heterocycles. The lowest BCUT2D eigenvalue weighted by atomic mass is 9.87. The Balaban J connectivity index is 1.66. The molecule has 0 radical (unpaired) electrons. The van der Waals surface area contributed by atoms with Crippen molar-refractivity contribution in [2.45, 2.75) is 19.8 Å². The number of benzene rings is 1. The highest BCUT2D eigenvalue weighted by Crippen LogP contribution is 2.35. The minimum atomic E-state index is -0.389. The van der Waals surface area contributed by atoms with E-state index < -0.39 is 0 Å². The summed E-state index contributed by atoms with van der Waals surface area (Å²) in [4.78, 5) is 25.7. The number of hydrogen-bond acceptors (Lipinski definition) is 3. The molecule has 1 aromatic heterocycles. The van der Waals surface area contributed by atoms with E-state index in [4.69, 9.17) is 0 Å². The number of hydrogen-bond donors (Lipinski definition) is 2. The third-order valence-corrected chi connectivity index (χ3v) is 4.01. The van der Waals surface area contributed by atoms with Crippen molar-refractivity contribution < 1.29 is 4.79 Å². The molecular weight excluding hydrogens is 268 g/mol. The minimum absolute atomic E-state index is 0.00835. The Morgan fingerprint density at radius 3 is 2.52 bits per heavy atom. The monoisotopic (exact) mass is 286 g/mol. The van der Waals surface area contributed by atoms with E-state index in [2.05, 4.69) is 34.5 Å². The zero-order valence-corrected chi connectivity index (χ0v) is 12.1. The molecule has 1 heterocycles. The Hall–Kier alpha value is -2.37. The molecule has 0 fully saturated rings. The quantitative estimate of drug-likeness (QED) is 0.869. The lowest BCUT2D eigenvalue weighted by Gasteiger charge is -2.23. The highest BCUT2D eigenvalue weighted by molar-refractivity contribution is 5.90. The van der Waals surface area contributed by atoms with Gasteiger partial charge in [0.05, 0.1) is 0 Å². The summed E-state index contributed by atoms with van der Waals surface area (Å²) in [6.45, 7) is 2.72. The number of aryl methyl sites for hydroxylation is 1. The van der Waals surface area contributed by atoms with Crippen LogP contribution >= 0.6 is 0 Å². The molecule has 2 N–H and O–H groups in total. The molecule has 1 aromatic carbocycles. The van der Waals surface area contributed by atoms with Crippen LogP contribution in [0.5, 0.6) is 0 Å². The number of rotatable bonds is 3. The first-order valence-corrected chi connectivity index (χ1v) is 6.95. The molecule has 0 bridgehead atoms. The lowest BCUT2D eigenvalue weighted by Crippen LogP contribution is -2.36. The van der Waals surface area contributed by atoms with Crippen molar-refractivity contribution in [2.24, 2.45) is 12.5 Å². The largest absolute Gasteiger partial charge is 0.349 e. The Kier molecular flexibility index (Phi) is 3.16. The van der Waals surface area contributed by atoms with Crippen molar-refractivity contribution in [1.82, 2.24) is 20.1 Å². The van der Waals surface area contributed by atoms with Crippen molar-refractivity contribution in [2.75, 3.05) is 6.54 Å². The summed E-state index contributed by atoms with van der Waals surface area (Å²) < 4.78 is 1.11. The summed E-state index contributed by atoms with van der Waals surface area (Å²) in [6.07, 6.45) is 1.89. The van der Waals surface area contributed by atoms with E-state index in [1.807, 2.05) is 12.1 Å². The number of amides is 1. The Morgan fingerprint density at radius 1 is 1.38 bits per heavy atom. The molecule has 1 aliphatic carbocycles. The van der Waals surface area contributed by atoms with E-state index in [0.29, 0.717) is 6.54 Å². The van der Waals surface area contributed by atoms with Crippen LogP contribution in [0, 0.1) is 5.41 Å². The van der Waals surface area contributed by atoms with E-state index in [-0.39, 0.29) is 22.8 Å². The van der Waals surface area contributed by atoms with Gasteiger partial charge in [-0.25, -0.2) is 9.48 Å². The highest BCUT2D eigenvalue weighted by atomic mass is 16.2. The third-order valence-electron chi connectivity index (χ3n) is 4.01. The number of nitrogens with one attached hydrogen (secondary N) is 2. The lowest BCUT2D eigenvalue weighted by molar-refractivity contribution is 0.0924. The number of H-pyrrole nitrogens is 1. The van der Waals surface area contributed by atoms with Crippen LogP contribution in [0.25, 0.3) is 0 Å². The second-order valence-corrected chi connectivity index (χ2v) is 6.02. The average molecular weight is 286 g/mol. The summed E-state index contributed by atoms with van der Waals surface area (Å²) in [5.74, 6) is -0.286. The van der Waals surface area contributed by atoms with E-state index >= 15 is 0 Å². The minimum Gasteiger partial charge on any atom is -0.349 e. The zero-order chi connectivity index (χ0) is 15.0. The van der Waals surface area contributed by atoms with Gasteiger partial charge < -0.3 is 5.32 Å². The zero-order valence-electron chi connectivity index (χ0n) is 12.1. The maximum absolute atomic E-state index is 12.0. The molecule has 2 aromatic rings. The van der Waals surface area contributed by atoms with Crippen LogP contribution in [0.1, 0.15) is 28.7 Å². The van der Waals surface area contributed by atoms with Crippen molar-refractivity contribution in [3.63, 3.8) is 0 Å². The van der Waals surface area contributed by atoms with Crippen LogP contribution in [-0.4, -0.2) is 27.2 Å². The van der Waals surface area contributed by atoms with Crippen molar-refractivity contribution in [1.29, 1.82) is 0 Å². The molecule has 0 atom stereocenters. The standard InChI is InChI=1S/C15H18N4O2/c1-15(7-10-5-3-4-6-11(10)8-15)9-16-13(20)12-17-14(21)19(2)18-12/h3-6H,7-9H2,1-2H3,(H,16,20)(H,17,18,21). The SMILES string of the molecule is Cn1nc(C(=O)NCC2(C)Cc3ccccc3C2)[nH]c1=O. The first kappa shape index (κ1) is 13.6. The highest BCUT2D eigenvalue weighted by Gasteiger charge is 2.33. The van der Waals surface area contributed by atoms with Gasteiger partial charge >= 0.3 is 5.69 Å². The van der Waals surface area contributed by atoms with Gasteiger partial charge in [-0.05, 0) is 29.4 Å². The Labute approximate surface area is 122 Å². The van der Waals surface area contributed by atoms with Gasteiger partial charge in [-0.3, -0.25) is 9.78 Å². The fourth-order valence-corrected chi connectivity index (χ4v) is 2.89. The number of aromatic amines is 1. The van der Waals surface area contributed by atoms with Crippen LogP contribution in [0.2, 0.25) is 0 Å². The number of nitrogens with zero attached hydrogens (tertiary/aromatic N) is 2. The molecule has 1 amide bonds. The van der Waals surface area contributed by atoms with Gasteiger partial charge in [-0.1, -0.05) is 31.2 Å². The molecule has 3 rings (SSSR count). The van der Waals surface area contributed by atoms with Crippen LogP contribution in [0.4, 0.5) is 0 Å². The smallest absolute Gasteiger partial charge is 0.343 e. The molecule has 6 heteroatoms. The summed E-state index contributed by atoms with van der Waals surface area (Å²) in [5.41, 5.74) is 2.31. The number of carbonyl (C=O) groups excluding carboxylic acids is 1. The van der Waals surface area contributed by atoms with Crippen molar-refractivity contribution in [3.8, 4) is 0 Å². The maximum atomic E-state index is 12.0. The number of aromatic nitrogens is 3. The average Bonchev–Trinajstić information content (AvgIpc) is 2.96. The van der Waals surface area contributed by atoms with Gasteiger partial charge in [0.15, 0.2) is 0 Å². The normalized spacial score (nSPS) is 15.7. The summed E-state index contributed by atoms with van der Waals surface area (Å²) in [5, 5.41) is 6.73. The first-order valence-electron chi connectivity index (χ1n) is 6.95. The third kappa shape index (κ3) is 2.61. The fourth-order valence-electron chi connectivity index (χ4n) is 2.89. The van der Waals surface area contributed by atoms with E-state index in [1.54, 1.807) is 0 Å². The molecule has 0 saturated heterocycles. The second-order valence-electron chi connectivity index (χ2n) is 6.02. The Morgan fingerprint density at radius 2 is 2.00 bits per heavy atom. The van der Waals surface area contributed by atoms with Gasteiger partial charge in [-0.2, -0.15) is 0 Å². The van der Waals surface area contributed by atoms with Gasteiger partial charge in [0.1, 0.15) is 0 Å². The summed E-state index contributed by atoms with van der Waals surface area (Å²) in [7, 11) is 1.50. The molecule has 0 saturated carbocycles. The molecule has 0 unspecified atom stereocenters. The van der Waals surface area contributed by atoms with Crippen molar-refractivity contribution >= 4 is 5.91 Å². The molecule has 0 spiro atoms. The molecule has 110 valence electrons. The van der Waals surface area contributed by atoms with Gasteiger partial charge in [0.2, 0.25) is 5.82 Å². The molecule has 21 heavy (non-hydrogen) atoms. The van der Waals surface area contributed by atoms with Crippen LogP contribution in [0.15, 0.2) is 29.1 Å². The molecule has 6 nitrogen and oxygen atoms in total. The van der Waals surface area contributed by atoms with E-state index in [1.165, 1.54) is 18.2 Å². The number of fused-ring (bicyclic) bond motifs is 1. The fraction of sp³-hybridized carbons (Fsp3) is 0.400. The van der Waals surface area contributed by atoms with E-state index in [0.717, 1.165) is 17.5 Å². The summed E-state index contributed by atoms with van der Waals surface area (Å²) in [6, 6.07) is 8.36. The molecule has 1 aliphatic rings. The van der Waals surface area contributed by atoms with E-state index in [9.17, 15) is 9.59 Å². The van der Waals surface area contributed by atoms with Crippen LogP contribution in [-0.2, 0) is 19.9 Å². The second kappa shape index (κ2) is 4.87. The predicted molar refractivity (Wildman–Crippen MR) is 78.1 cm³/mol. The maximum Gasteiger partial charge on any atom is 0.343 e. The number of carbonyl (C=O) groups is 1. The van der Waals surface area contributed by atoms with Gasteiger partial charge in [-0.15, -0.1) is 5.10 Å². The Bertz CT molecular complexity index is 719. The van der Waals surface area contributed by atoms with Crippen LogP contribution in [0.3, 0.4) is 0 Å². The van der Waals surface area contributed by atoms with Crippen LogP contribution < -0.4 is 11.0 Å². The molecular formula is C15H18N4O2. The predicted octanol–water partition coefficient (Wildman–Crippen LogP) is 0.643. The summed E-state index contributed by atoms with van der Waals surface area (Å²) >= 11 is 0. The first-order chi connectivity index (χ1) is 9.97.